The summed E-state index contributed by atoms with van der Waals surface area (Å²) < 4.78 is 17.6. The summed E-state index contributed by atoms with van der Waals surface area (Å²) in [6.07, 6.45) is 12.9. The molecular weight excluding hydrogens is 384 g/mol. The number of hydrogen-bond acceptors (Lipinski definition) is 3. The van der Waals surface area contributed by atoms with Crippen LogP contribution in [0.15, 0.2) is 89.4 Å². The van der Waals surface area contributed by atoms with E-state index in [9.17, 15) is 0 Å². The van der Waals surface area contributed by atoms with E-state index in [4.69, 9.17) is 13.9 Å². The van der Waals surface area contributed by atoms with Crippen molar-refractivity contribution in [2.75, 3.05) is 13.2 Å². The predicted molar refractivity (Wildman–Crippen MR) is 129 cm³/mol. The average molecular weight is 417 g/mol. The van der Waals surface area contributed by atoms with Gasteiger partial charge in [-0.3, -0.25) is 0 Å². The van der Waals surface area contributed by atoms with E-state index in [2.05, 4.69) is 38.2 Å². The summed E-state index contributed by atoms with van der Waals surface area (Å²) >= 11 is 0. The van der Waals surface area contributed by atoms with E-state index in [0.29, 0.717) is 13.2 Å². The molecule has 0 bridgehead atoms. The first-order valence-corrected chi connectivity index (χ1v) is 11.2. The maximum absolute atomic E-state index is 6.08. The molecule has 2 aromatic carbocycles. The topological polar surface area (TPSA) is 31.6 Å². The van der Waals surface area contributed by atoms with E-state index in [1.54, 1.807) is 0 Å². The van der Waals surface area contributed by atoms with Gasteiger partial charge in [0.25, 0.3) is 0 Å². The molecule has 0 radical (unpaired) electrons. The van der Waals surface area contributed by atoms with Gasteiger partial charge >= 0.3 is 0 Å². The number of hydrogen-bond donors (Lipinski definition) is 0. The Balaban J connectivity index is 1.56. The van der Waals surface area contributed by atoms with Crippen LogP contribution >= 0.6 is 0 Å². The van der Waals surface area contributed by atoms with Gasteiger partial charge in [-0.2, -0.15) is 0 Å². The maximum Gasteiger partial charge on any atom is 0.134 e. The number of rotatable bonds is 12. The smallest absolute Gasteiger partial charge is 0.134 e. The molecule has 0 saturated carbocycles. The Hall–Kier alpha value is -3.20. The normalized spacial score (nSPS) is 11.4. The molecule has 0 unspecified atom stereocenters. The fourth-order valence-corrected chi connectivity index (χ4v) is 3.07. The molecule has 0 amide bonds. The van der Waals surface area contributed by atoms with Gasteiger partial charge in [-0.15, -0.1) is 0 Å². The third kappa shape index (κ3) is 7.21. The van der Waals surface area contributed by atoms with E-state index < -0.39 is 0 Å². The SMILES string of the molecule is CCCC=CCOc1ccc(-c2ccc(-c3ccc(OCC=CCCC)cc3)o2)cc1. The quantitative estimate of drug-likeness (QED) is 0.280. The highest BCUT2D eigenvalue weighted by atomic mass is 16.5. The standard InChI is InChI=1S/C28H32O3/c1-3-5-7-9-21-29-25-15-11-23(12-16-25)27-19-20-28(31-27)24-13-17-26(18-14-24)30-22-10-8-6-4-2/h7-20H,3-6,21-22H2,1-2H3. The van der Waals surface area contributed by atoms with Crippen molar-refractivity contribution in [1.29, 1.82) is 0 Å². The van der Waals surface area contributed by atoms with Crippen LogP contribution in [0.3, 0.4) is 0 Å². The Morgan fingerprint density at radius 3 is 1.39 bits per heavy atom. The van der Waals surface area contributed by atoms with Gasteiger partial charge in [-0.05, 0) is 73.5 Å². The Morgan fingerprint density at radius 2 is 1.00 bits per heavy atom. The second kappa shape index (κ2) is 12.5. The first-order chi connectivity index (χ1) is 15.3. The van der Waals surface area contributed by atoms with Crippen molar-refractivity contribution < 1.29 is 13.9 Å². The lowest BCUT2D eigenvalue weighted by molar-refractivity contribution is 0.362. The molecule has 3 rings (SSSR count). The Bertz CT molecular complexity index is 869. The minimum absolute atomic E-state index is 0.596. The Labute approximate surface area is 186 Å². The van der Waals surface area contributed by atoms with Crippen molar-refractivity contribution in [2.24, 2.45) is 0 Å². The van der Waals surface area contributed by atoms with Gasteiger partial charge in [0.15, 0.2) is 0 Å². The van der Waals surface area contributed by atoms with Gasteiger partial charge in [0.05, 0.1) is 0 Å². The predicted octanol–water partition coefficient (Wildman–Crippen LogP) is 8.08. The molecule has 1 aromatic heterocycles. The highest BCUT2D eigenvalue weighted by Gasteiger charge is 2.07. The zero-order chi connectivity index (χ0) is 21.7. The molecule has 3 heteroatoms. The lowest BCUT2D eigenvalue weighted by atomic mass is 10.1. The lowest BCUT2D eigenvalue weighted by Gasteiger charge is -2.05. The molecule has 3 aromatic rings. The molecule has 0 spiro atoms. The van der Waals surface area contributed by atoms with Crippen molar-refractivity contribution in [3.05, 3.63) is 85.0 Å². The molecule has 0 aliphatic heterocycles. The number of furan rings is 1. The van der Waals surface area contributed by atoms with Crippen molar-refractivity contribution in [2.45, 2.75) is 39.5 Å². The van der Waals surface area contributed by atoms with Gasteiger partial charge in [-0.25, -0.2) is 0 Å². The minimum Gasteiger partial charge on any atom is -0.490 e. The highest BCUT2D eigenvalue weighted by molar-refractivity contribution is 5.65. The van der Waals surface area contributed by atoms with E-state index in [1.165, 1.54) is 0 Å². The second-order valence-corrected chi connectivity index (χ2v) is 7.35. The first kappa shape index (κ1) is 22.5. The fraction of sp³-hybridized carbons (Fsp3) is 0.286. The van der Waals surface area contributed by atoms with Crippen LogP contribution in [0.1, 0.15) is 39.5 Å². The fourth-order valence-electron chi connectivity index (χ4n) is 3.07. The van der Waals surface area contributed by atoms with Gasteiger partial charge < -0.3 is 13.9 Å². The Kier molecular flexibility index (Phi) is 9.06. The number of allylic oxidation sites excluding steroid dienone is 2. The molecule has 1 heterocycles. The van der Waals surface area contributed by atoms with Gasteiger partial charge in [0, 0.05) is 11.1 Å². The van der Waals surface area contributed by atoms with Crippen LogP contribution in [0.5, 0.6) is 11.5 Å². The van der Waals surface area contributed by atoms with E-state index in [1.807, 2.05) is 60.7 Å². The molecule has 0 atom stereocenters. The third-order valence-electron chi connectivity index (χ3n) is 4.82. The summed E-state index contributed by atoms with van der Waals surface area (Å²) in [5.41, 5.74) is 2.05. The van der Waals surface area contributed by atoms with Crippen LogP contribution < -0.4 is 9.47 Å². The molecule has 3 nitrogen and oxygen atoms in total. The van der Waals surface area contributed by atoms with E-state index in [0.717, 1.165) is 59.8 Å². The zero-order valence-electron chi connectivity index (χ0n) is 18.6. The second-order valence-electron chi connectivity index (χ2n) is 7.35. The van der Waals surface area contributed by atoms with Crippen LogP contribution in [0, 0.1) is 0 Å². The minimum atomic E-state index is 0.596. The van der Waals surface area contributed by atoms with Crippen molar-refractivity contribution in [1.82, 2.24) is 0 Å². The van der Waals surface area contributed by atoms with Gasteiger partial charge in [-0.1, -0.05) is 51.0 Å². The molecule has 0 N–H and O–H groups in total. The average Bonchev–Trinajstić information content (AvgIpc) is 3.30. The van der Waals surface area contributed by atoms with Crippen LogP contribution in [-0.4, -0.2) is 13.2 Å². The lowest BCUT2D eigenvalue weighted by Crippen LogP contribution is -1.92. The molecular formula is C28H32O3. The van der Waals surface area contributed by atoms with Gasteiger partial charge in [0.2, 0.25) is 0 Å². The summed E-state index contributed by atoms with van der Waals surface area (Å²) in [5, 5.41) is 0. The third-order valence-corrected chi connectivity index (χ3v) is 4.82. The zero-order valence-corrected chi connectivity index (χ0v) is 18.6. The monoisotopic (exact) mass is 416 g/mol. The molecule has 0 aliphatic rings. The molecule has 162 valence electrons. The highest BCUT2D eigenvalue weighted by Crippen LogP contribution is 2.30. The molecule has 31 heavy (non-hydrogen) atoms. The largest absolute Gasteiger partial charge is 0.490 e. The number of unbranched alkanes of at least 4 members (excludes halogenated alkanes) is 2. The van der Waals surface area contributed by atoms with Crippen molar-refractivity contribution in [3.63, 3.8) is 0 Å². The van der Waals surface area contributed by atoms with Crippen molar-refractivity contribution >= 4 is 0 Å². The maximum atomic E-state index is 6.08. The summed E-state index contributed by atoms with van der Waals surface area (Å²) in [4.78, 5) is 0. The summed E-state index contributed by atoms with van der Waals surface area (Å²) in [5.74, 6) is 3.39. The van der Waals surface area contributed by atoms with Crippen LogP contribution in [-0.2, 0) is 0 Å². The van der Waals surface area contributed by atoms with Crippen LogP contribution in [0.25, 0.3) is 22.6 Å². The summed E-state index contributed by atoms with van der Waals surface area (Å²) in [6, 6.07) is 20.0. The molecule has 0 saturated heterocycles. The Morgan fingerprint density at radius 1 is 0.581 bits per heavy atom. The number of benzene rings is 2. The number of ether oxygens (including phenoxy) is 2. The van der Waals surface area contributed by atoms with E-state index >= 15 is 0 Å². The summed E-state index contributed by atoms with van der Waals surface area (Å²) in [7, 11) is 0. The van der Waals surface area contributed by atoms with Crippen LogP contribution in [0.4, 0.5) is 0 Å². The molecule has 0 fully saturated rings. The first-order valence-electron chi connectivity index (χ1n) is 11.2. The van der Waals surface area contributed by atoms with E-state index in [-0.39, 0.29) is 0 Å². The van der Waals surface area contributed by atoms with Crippen LogP contribution in [0.2, 0.25) is 0 Å². The van der Waals surface area contributed by atoms with Crippen molar-refractivity contribution in [3.8, 4) is 34.1 Å². The molecule has 0 aliphatic carbocycles. The summed E-state index contributed by atoms with van der Waals surface area (Å²) in [6.45, 7) is 5.53. The van der Waals surface area contributed by atoms with Gasteiger partial charge in [0.1, 0.15) is 36.2 Å².